The zero-order valence-electron chi connectivity index (χ0n) is 34.0. The third-order valence-corrected chi connectivity index (χ3v) is 10.1. The number of nitrogens with one attached hydrogen (secondary N) is 9. The molecule has 14 N–H and O–H groups in total. The number of nitrogens with two attached hydrogens (primary N) is 2. The lowest BCUT2D eigenvalue weighted by molar-refractivity contribution is -0.137. The van der Waals surface area contributed by atoms with Crippen LogP contribution in [0.25, 0.3) is 10.9 Å². The Hall–Kier alpha value is -6.87. The number of carboxylic acids is 1. The summed E-state index contributed by atoms with van der Waals surface area (Å²) in [6.07, 6.45) is 2.41. The normalized spacial score (nSPS) is 21.9. The summed E-state index contributed by atoms with van der Waals surface area (Å²) >= 11 is 0. The maximum Gasteiger partial charge on any atom is 0.303 e. The smallest absolute Gasteiger partial charge is 0.303 e. The number of rotatable bonds is 13. The first-order valence-electron chi connectivity index (χ1n) is 20.3. The minimum atomic E-state index is -1.84. The largest absolute Gasteiger partial charge is 0.481 e. The van der Waals surface area contributed by atoms with Gasteiger partial charge in [-0.15, -0.1) is 0 Å². The highest BCUT2D eigenvalue weighted by Gasteiger charge is 2.34. The number of aromatic nitrogens is 3. The van der Waals surface area contributed by atoms with E-state index in [1.54, 1.807) is 36.5 Å². The van der Waals surface area contributed by atoms with Crippen molar-refractivity contribution >= 4 is 52.4 Å². The number of aliphatic imine (C=N–C) groups is 1. The molecule has 1 unspecified atom stereocenters. The van der Waals surface area contributed by atoms with Crippen LogP contribution < -0.4 is 48.9 Å². The molecule has 62 heavy (non-hydrogen) atoms. The van der Waals surface area contributed by atoms with E-state index in [-0.39, 0.29) is 44.6 Å². The zero-order valence-corrected chi connectivity index (χ0v) is 34.0. The maximum absolute atomic E-state index is 15.6. The van der Waals surface area contributed by atoms with Gasteiger partial charge in [0, 0.05) is 74.2 Å². The lowest BCUT2D eigenvalue weighted by atomic mass is 10.0. The number of benzene rings is 2. The fourth-order valence-corrected chi connectivity index (χ4v) is 6.87. The molecule has 1 saturated heterocycles. The minimum Gasteiger partial charge on any atom is -0.481 e. The number of carboxylic acid groups (broad SMARTS) is 1. The van der Waals surface area contributed by atoms with E-state index in [4.69, 9.17) is 11.5 Å². The van der Waals surface area contributed by atoms with Gasteiger partial charge >= 0.3 is 5.97 Å². The summed E-state index contributed by atoms with van der Waals surface area (Å²) in [5, 5.41) is 23.8. The van der Waals surface area contributed by atoms with Crippen LogP contribution in [0.5, 0.6) is 0 Å². The predicted molar refractivity (Wildman–Crippen MR) is 226 cm³/mol. The number of fused-ring (bicyclic) bond motifs is 1. The Bertz CT molecular complexity index is 2150. The molecule has 4 aromatic rings. The number of nitrogens with zero attached hydrogens (tertiary/aromatic N) is 2. The molecule has 2 aromatic carbocycles. The topological polar surface area (TPSA) is 316 Å². The third kappa shape index (κ3) is 14.4. The van der Waals surface area contributed by atoms with Crippen molar-refractivity contribution in [2.45, 2.75) is 87.7 Å². The number of carbonyl (C=O) groups excluding carboxylic acids is 5. The molecule has 6 atom stereocenters. The van der Waals surface area contributed by atoms with Crippen molar-refractivity contribution in [1.82, 2.24) is 52.4 Å². The Morgan fingerprint density at radius 1 is 0.774 bits per heavy atom. The van der Waals surface area contributed by atoms with Crippen LogP contribution in [0.2, 0.25) is 0 Å². The second-order valence-corrected chi connectivity index (χ2v) is 14.9. The van der Waals surface area contributed by atoms with Crippen LogP contribution in [0.15, 0.2) is 78.3 Å². The second kappa shape index (κ2) is 23.2. The van der Waals surface area contributed by atoms with Gasteiger partial charge in [-0.25, -0.2) is 14.8 Å². The summed E-state index contributed by atoms with van der Waals surface area (Å²) in [4.78, 5) is 95.7. The van der Waals surface area contributed by atoms with Gasteiger partial charge in [-0.05, 0) is 36.5 Å². The molecule has 3 heterocycles. The highest BCUT2D eigenvalue weighted by atomic mass is 19.1. The van der Waals surface area contributed by atoms with Gasteiger partial charge in [0.1, 0.15) is 36.4 Å². The Labute approximate surface area is 356 Å². The molecule has 5 amide bonds. The molecular formula is C41H54FN13O7. The molecule has 21 heteroatoms. The fourth-order valence-electron chi connectivity index (χ4n) is 6.87. The number of hydrazine groups is 1. The Morgan fingerprint density at radius 3 is 2.10 bits per heavy atom. The minimum absolute atomic E-state index is 0.0317. The average molecular weight is 860 g/mol. The molecule has 0 spiro atoms. The van der Waals surface area contributed by atoms with E-state index in [1.165, 1.54) is 12.5 Å². The molecule has 5 rings (SSSR count). The van der Waals surface area contributed by atoms with E-state index in [0.717, 1.165) is 16.5 Å². The first-order valence-corrected chi connectivity index (χ1v) is 20.3. The van der Waals surface area contributed by atoms with Crippen molar-refractivity contribution in [2.75, 3.05) is 19.6 Å². The SMILES string of the molecule is NC(N)=NCC(F)C[C@@H]1NC(=O)[C@@H](Cc2ccccc2)NC(=O)[C@H](Cc2cnc[nH]2)NC(=O)[C@H](CCC(=O)O)NNCCCCNC(=O)[C@H](Cc2c[nH]c3ccccc23)NC1=O. The quantitative estimate of drug-likeness (QED) is 0.0575. The van der Waals surface area contributed by atoms with Gasteiger partial charge in [0.2, 0.25) is 29.5 Å². The molecule has 1 aliphatic rings. The molecule has 20 nitrogen and oxygen atoms in total. The Balaban J connectivity index is 1.50. The van der Waals surface area contributed by atoms with Crippen molar-refractivity contribution in [2.24, 2.45) is 16.5 Å². The van der Waals surface area contributed by atoms with Gasteiger partial charge in [0.25, 0.3) is 0 Å². The average Bonchev–Trinajstić information content (AvgIpc) is 3.92. The predicted octanol–water partition coefficient (Wildman–Crippen LogP) is -0.903. The van der Waals surface area contributed by atoms with E-state index in [1.807, 2.05) is 24.3 Å². The molecule has 0 bridgehead atoms. The van der Waals surface area contributed by atoms with Crippen molar-refractivity contribution in [3.8, 4) is 0 Å². The number of hydrogen-bond donors (Lipinski definition) is 12. The van der Waals surface area contributed by atoms with Crippen LogP contribution in [0.4, 0.5) is 4.39 Å². The van der Waals surface area contributed by atoms with Crippen LogP contribution in [0, 0.1) is 0 Å². The van der Waals surface area contributed by atoms with E-state index >= 15 is 4.39 Å². The number of imidazole rings is 1. The van der Waals surface area contributed by atoms with Crippen molar-refractivity contribution < 1.29 is 38.3 Å². The maximum atomic E-state index is 15.6. The fraction of sp³-hybridized carbons (Fsp3) is 0.415. The van der Waals surface area contributed by atoms with Crippen molar-refractivity contribution in [1.29, 1.82) is 0 Å². The molecule has 0 aliphatic carbocycles. The van der Waals surface area contributed by atoms with Gasteiger partial charge < -0.3 is 53.1 Å². The molecule has 2 aromatic heterocycles. The summed E-state index contributed by atoms with van der Waals surface area (Å²) in [6.45, 7) is -0.0299. The van der Waals surface area contributed by atoms with E-state index in [0.29, 0.717) is 30.6 Å². The van der Waals surface area contributed by atoms with Gasteiger partial charge in [0.15, 0.2) is 5.96 Å². The molecule has 0 saturated carbocycles. The number of alkyl halides is 1. The van der Waals surface area contributed by atoms with E-state index in [9.17, 15) is 33.9 Å². The van der Waals surface area contributed by atoms with Gasteiger partial charge in [-0.1, -0.05) is 48.5 Å². The zero-order chi connectivity index (χ0) is 44.4. The highest BCUT2D eigenvalue weighted by molar-refractivity contribution is 5.96. The highest BCUT2D eigenvalue weighted by Crippen LogP contribution is 2.20. The van der Waals surface area contributed by atoms with E-state index in [2.05, 4.69) is 57.4 Å². The van der Waals surface area contributed by atoms with Crippen LogP contribution in [-0.4, -0.2) is 118 Å². The first-order chi connectivity index (χ1) is 29.9. The van der Waals surface area contributed by atoms with E-state index < -0.39 is 84.9 Å². The molecular weight excluding hydrogens is 806 g/mol. The monoisotopic (exact) mass is 859 g/mol. The molecule has 1 aliphatic heterocycles. The van der Waals surface area contributed by atoms with Crippen LogP contribution in [0.3, 0.4) is 0 Å². The van der Waals surface area contributed by atoms with Crippen LogP contribution in [-0.2, 0) is 48.0 Å². The van der Waals surface area contributed by atoms with Gasteiger partial charge in [0.05, 0.1) is 12.9 Å². The number of hydrogen-bond acceptors (Lipinski definition) is 10. The summed E-state index contributed by atoms with van der Waals surface area (Å²) in [5.41, 5.74) is 19.3. The second-order valence-electron chi connectivity index (χ2n) is 14.9. The number of carbonyl (C=O) groups is 6. The molecule has 332 valence electrons. The lowest BCUT2D eigenvalue weighted by Crippen LogP contribution is -2.60. The number of aliphatic carboxylic acids is 1. The van der Waals surface area contributed by atoms with Crippen LogP contribution >= 0.6 is 0 Å². The molecule has 1 fully saturated rings. The number of amides is 5. The van der Waals surface area contributed by atoms with Gasteiger partial charge in [-0.2, -0.15) is 0 Å². The van der Waals surface area contributed by atoms with Crippen molar-refractivity contribution in [3.05, 3.63) is 90.1 Å². The molecule has 0 radical (unpaired) electrons. The number of halogens is 1. The summed E-state index contributed by atoms with van der Waals surface area (Å²) in [6, 6.07) is 9.51. The number of aromatic amines is 2. The van der Waals surface area contributed by atoms with Crippen molar-refractivity contribution in [3.63, 3.8) is 0 Å². The number of para-hydroxylation sites is 1. The number of H-pyrrole nitrogens is 2. The first kappa shape index (κ1) is 46.2. The summed E-state index contributed by atoms with van der Waals surface area (Å²) in [5.74, 6) is -5.31. The summed E-state index contributed by atoms with van der Waals surface area (Å²) < 4.78 is 15.6. The standard InChI is InChI=1S/C41H54FN13O7/c42-26(21-48-41(43)44)18-33-39(61)52-32(17-25-20-47-29-11-5-4-10-28(25)29)36(58)46-14-6-7-15-50-55-30(12-13-35(56)57)37(59)54-34(19-27-22-45-23-49-27)40(62)51-31(38(60)53-33)16-24-8-2-1-3-9-24/h1-5,8-11,20,22-23,26,30-34,47,50,55H,6-7,12-19,21H2,(H,45,49)(H,46,58)(H,51,62)(H,52,61)(H,53,60)(H,54,59)(H,56,57)(H4,43,44,48)/t26?,30-,31+,32-,33-,34-/m0/s1. The Morgan fingerprint density at radius 2 is 1.40 bits per heavy atom. The Kier molecular flexibility index (Phi) is 17.3. The summed E-state index contributed by atoms with van der Waals surface area (Å²) in [7, 11) is 0. The van der Waals surface area contributed by atoms with Gasteiger partial charge in [-0.3, -0.25) is 39.2 Å². The van der Waals surface area contributed by atoms with Crippen LogP contribution in [0.1, 0.15) is 48.9 Å². The lowest BCUT2D eigenvalue weighted by Gasteiger charge is -2.27. The number of guanidine groups is 1. The third-order valence-electron chi connectivity index (χ3n) is 10.1.